The highest BCUT2D eigenvalue weighted by molar-refractivity contribution is 14.1. The standard InChI is InChI=1S/C15H18INO3/c1-10-6-5-7-11(12(10)16)13(18)17-15(14(19)20)8-3-2-4-9-15/h5-7H,2-4,8-9H2,1H3,(H,17,18)(H,19,20). The molecule has 0 radical (unpaired) electrons. The highest BCUT2D eigenvalue weighted by Crippen LogP contribution is 2.29. The Kier molecular flexibility index (Phi) is 4.67. The van der Waals surface area contributed by atoms with Crippen molar-refractivity contribution in [3.05, 3.63) is 32.9 Å². The normalized spacial score (nSPS) is 17.5. The first-order valence-corrected chi connectivity index (χ1v) is 7.85. The lowest BCUT2D eigenvalue weighted by molar-refractivity contribution is -0.145. The number of aryl methyl sites for hydroxylation is 1. The predicted molar refractivity (Wildman–Crippen MR) is 84.8 cm³/mol. The van der Waals surface area contributed by atoms with Gasteiger partial charge in [-0.3, -0.25) is 4.79 Å². The minimum Gasteiger partial charge on any atom is -0.480 e. The van der Waals surface area contributed by atoms with Crippen LogP contribution >= 0.6 is 22.6 Å². The molecule has 5 heteroatoms. The van der Waals surface area contributed by atoms with E-state index in [0.29, 0.717) is 18.4 Å². The van der Waals surface area contributed by atoms with E-state index in [1.807, 2.05) is 19.1 Å². The van der Waals surface area contributed by atoms with Crippen LogP contribution in [-0.2, 0) is 4.79 Å². The van der Waals surface area contributed by atoms with Crippen molar-refractivity contribution in [2.24, 2.45) is 0 Å². The minimum atomic E-state index is -1.10. The van der Waals surface area contributed by atoms with E-state index in [9.17, 15) is 14.7 Å². The van der Waals surface area contributed by atoms with Crippen LogP contribution in [0.25, 0.3) is 0 Å². The van der Waals surface area contributed by atoms with Crippen LogP contribution in [0.5, 0.6) is 0 Å². The van der Waals surface area contributed by atoms with Gasteiger partial charge in [0.25, 0.3) is 5.91 Å². The highest BCUT2D eigenvalue weighted by Gasteiger charge is 2.41. The molecule has 1 aliphatic carbocycles. The average molecular weight is 387 g/mol. The van der Waals surface area contributed by atoms with E-state index >= 15 is 0 Å². The van der Waals surface area contributed by atoms with Crippen LogP contribution in [0.3, 0.4) is 0 Å². The number of benzene rings is 1. The first-order valence-electron chi connectivity index (χ1n) is 6.77. The van der Waals surface area contributed by atoms with Gasteiger partial charge in [-0.05, 0) is 54.0 Å². The lowest BCUT2D eigenvalue weighted by atomic mass is 9.81. The molecule has 20 heavy (non-hydrogen) atoms. The number of carboxylic acids is 1. The van der Waals surface area contributed by atoms with Crippen LogP contribution in [0.2, 0.25) is 0 Å². The van der Waals surface area contributed by atoms with Gasteiger partial charge in [0.05, 0.1) is 5.56 Å². The van der Waals surface area contributed by atoms with Crippen molar-refractivity contribution in [2.45, 2.75) is 44.6 Å². The molecule has 0 bridgehead atoms. The monoisotopic (exact) mass is 387 g/mol. The Balaban J connectivity index is 2.25. The molecule has 2 rings (SSSR count). The fourth-order valence-electron chi connectivity index (χ4n) is 2.66. The Labute approximate surface area is 132 Å². The summed E-state index contributed by atoms with van der Waals surface area (Å²) in [6, 6.07) is 5.50. The summed E-state index contributed by atoms with van der Waals surface area (Å²) in [5, 5.41) is 12.3. The van der Waals surface area contributed by atoms with E-state index in [2.05, 4.69) is 27.9 Å². The van der Waals surface area contributed by atoms with E-state index in [1.165, 1.54) is 0 Å². The Bertz CT molecular complexity index is 536. The minimum absolute atomic E-state index is 0.289. The van der Waals surface area contributed by atoms with Gasteiger partial charge in [-0.2, -0.15) is 0 Å². The zero-order chi connectivity index (χ0) is 14.8. The summed E-state index contributed by atoms with van der Waals surface area (Å²) in [7, 11) is 0. The number of carbonyl (C=O) groups is 2. The second-order valence-electron chi connectivity index (χ2n) is 5.34. The van der Waals surface area contributed by atoms with Crippen LogP contribution < -0.4 is 5.32 Å². The molecule has 0 unspecified atom stereocenters. The van der Waals surface area contributed by atoms with Gasteiger partial charge < -0.3 is 10.4 Å². The number of hydrogen-bond acceptors (Lipinski definition) is 2. The van der Waals surface area contributed by atoms with Gasteiger partial charge in [-0.25, -0.2) is 4.79 Å². The summed E-state index contributed by atoms with van der Waals surface area (Å²) in [6.07, 6.45) is 3.74. The van der Waals surface area contributed by atoms with Crippen LogP contribution in [0.1, 0.15) is 48.0 Å². The summed E-state index contributed by atoms with van der Waals surface area (Å²) < 4.78 is 0.874. The molecule has 0 aromatic heterocycles. The number of nitrogens with one attached hydrogen (secondary N) is 1. The van der Waals surface area contributed by atoms with Crippen molar-refractivity contribution >= 4 is 34.5 Å². The molecule has 0 spiro atoms. The maximum absolute atomic E-state index is 12.4. The number of carboxylic acid groups (broad SMARTS) is 1. The van der Waals surface area contributed by atoms with Crippen molar-refractivity contribution in [2.75, 3.05) is 0 Å². The third-order valence-corrected chi connectivity index (χ3v) is 5.34. The van der Waals surface area contributed by atoms with Crippen molar-refractivity contribution in [3.8, 4) is 0 Å². The number of aliphatic carboxylic acids is 1. The van der Waals surface area contributed by atoms with Gasteiger partial charge in [0, 0.05) is 3.57 Å². The molecule has 2 N–H and O–H groups in total. The largest absolute Gasteiger partial charge is 0.480 e. The Hall–Kier alpha value is -1.11. The third kappa shape index (κ3) is 2.97. The maximum atomic E-state index is 12.4. The van der Waals surface area contributed by atoms with Crippen molar-refractivity contribution in [3.63, 3.8) is 0 Å². The molecule has 4 nitrogen and oxygen atoms in total. The number of rotatable bonds is 3. The molecule has 1 aromatic carbocycles. The second-order valence-corrected chi connectivity index (χ2v) is 6.42. The third-order valence-electron chi connectivity index (χ3n) is 3.91. The van der Waals surface area contributed by atoms with Gasteiger partial charge in [0.2, 0.25) is 0 Å². The molecule has 1 amide bonds. The molecule has 0 saturated heterocycles. The maximum Gasteiger partial charge on any atom is 0.329 e. The van der Waals surface area contributed by atoms with E-state index in [4.69, 9.17) is 0 Å². The second kappa shape index (κ2) is 6.11. The predicted octanol–water partition coefficient (Wildman–Crippen LogP) is 3.12. The SMILES string of the molecule is Cc1cccc(C(=O)NC2(C(=O)O)CCCCC2)c1I. The Morgan fingerprint density at radius 2 is 1.90 bits per heavy atom. The van der Waals surface area contributed by atoms with Crippen molar-refractivity contribution < 1.29 is 14.7 Å². The first-order chi connectivity index (χ1) is 9.46. The molecule has 1 fully saturated rings. The van der Waals surface area contributed by atoms with Crippen LogP contribution in [-0.4, -0.2) is 22.5 Å². The molecule has 1 aliphatic rings. The van der Waals surface area contributed by atoms with Gasteiger partial charge >= 0.3 is 5.97 Å². The van der Waals surface area contributed by atoms with Gasteiger partial charge in [-0.1, -0.05) is 31.4 Å². The number of halogens is 1. The number of amides is 1. The van der Waals surface area contributed by atoms with Crippen LogP contribution in [0.15, 0.2) is 18.2 Å². The lowest BCUT2D eigenvalue weighted by Crippen LogP contribution is -2.55. The fraction of sp³-hybridized carbons (Fsp3) is 0.467. The van der Waals surface area contributed by atoms with Crippen LogP contribution in [0, 0.1) is 10.5 Å². The van der Waals surface area contributed by atoms with Crippen molar-refractivity contribution in [1.29, 1.82) is 0 Å². The summed E-state index contributed by atoms with van der Waals surface area (Å²) in [4.78, 5) is 24.0. The van der Waals surface area contributed by atoms with E-state index in [1.54, 1.807) is 6.07 Å². The summed E-state index contributed by atoms with van der Waals surface area (Å²) in [5.41, 5.74) is 0.477. The molecular weight excluding hydrogens is 369 g/mol. The van der Waals surface area contributed by atoms with Gasteiger partial charge in [0.15, 0.2) is 0 Å². The average Bonchev–Trinajstić information content (AvgIpc) is 2.42. The topological polar surface area (TPSA) is 66.4 Å². The molecule has 1 saturated carbocycles. The van der Waals surface area contributed by atoms with E-state index < -0.39 is 11.5 Å². The van der Waals surface area contributed by atoms with E-state index in [0.717, 1.165) is 28.4 Å². The summed E-state index contributed by atoms with van der Waals surface area (Å²) in [6.45, 7) is 1.94. The summed E-state index contributed by atoms with van der Waals surface area (Å²) in [5.74, 6) is -1.21. The zero-order valence-electron chi connectivity index (χ0n) is 11.4. The van der Waals surface area contributed by atoms with Gasteiger partial charge in [-0.15, -0.1) is 0 Å². The number of carbonyl (C=O) groups excluding carboxylic acids is 1. The molecule has 0 atom stereocenters. The molecular formula is C15H18INO3. The molecule has 0 aliphatic heterocycles. The Morgan fingerprint density at radius 3 is 2.50 bits per heavy atom. The molecule has 0 heterocycles. The Morgan fingerprint density at radius 1 is 1.25 bits per heavy atom. The quantitative estimate of drug-likeness (QED) is 0.784. The highest BCUT2D eigenvalue weighted by atomic mass is 127. The first kappa shape index (κ1) is 15.3. The van der Waals surface area contributed by atoms with Crippen LogP contribution in [0.4, 0.5) is 0 Å². The molecule has 108 valence electrons. The van der Waals surface area contributed by atoms with Gasteiger partial charge in [0.1, 0.15) is 5.54 Å². The van der Waals surface area contributed by atoms with E-state index in [-0.39, 0.29) is 5.91 Å². The molecule has 1 aromatic rings. The fourth-order valence-corrected chi connectivity index (χ4v) is 3.26. The summed E-state index contributed by atoms with van der Waals surface area (Å²) >= 11 is 2.13. The number of hydrogen-bond donors (Lipinski definition) is 2. The zero-order valence-corrected chi connectivity index (χ0v) is 13.6. The smallest absolute Gasteiger partial charge is 0.329 e. The van der Waals surface area contributed by atoms with Crippen molar-refractivity contribution in [1.82, 2.24) is 5.32 Å². The lowest BCUT2D eigenvalue weighted by Gasteiger charge is -2.34.